The fourth-order valence-corrected chi connectivity index (χ4v) is 4.05. The van der Waals surface area contributed by atoms with Crippen LogP contribution in [-0.2, 0) is 38.4 Å². The molecule has 13 nitrogen and oxygen atoms in total. The van der Waals surface area contributed by atoms with Gasteiger partial charge in [0, 0.05) is 24.7 Å². The van der Waals surface area contributed by atoms with E-state index in [4.69, 9.17) is 5.73 Å². The number of amides is 3. The molecule has 3 aromatic rings. The molecule has 0 fully saturated rings. The number of carbonyl (C=O) groups is 4. The topological polar surface area (TPSA) is 220 Å². The third-order valence-electron chi connectivity index (χ3n) is 6.30. The molecule has 5 atom stereocenters. The number of aromatic hydroxyl groups is 1. The van der Waals surface area contributed by atoms with Gasteiger partial charge in [0.05, 0.1) is 18.5 Å². The number of nitrogens with zero attached hydrogens (tertiary/aromatic N) is 1. The zero-order valence-corrected chi connectivity index (χ0v) is 22.4. The first kappa shape index (κ1) is 30.8. The van der Waals surface area contributed by atoms with Gasteiger partial charge in [-0.15, -0.1) is 0 Å². The van der Waals surface area contributed by atoms with E-state index < -0.39 is 54.0 Å². The number of H-pyrrole nitrogens is 1. The first-order valence-corrected chi connectivity index (χ1v) is 12.9. The van der Waals surface area contributed by atoms with Crippen molar-refractivity contribution in [2.75, 3.05) is 0 Å². The van der Waals surface area contributed by atoms with Crippen molar-refractivity contribution in [3.8, 4) is 5.75 Å². The van der Waals surface area contributed by atoms with E-state index in [9.17, 15) is 34.5 Å². The van der Waals surface area contributed by atoms with Crippen LogP contribution in [0, 0.1) is 0 Å². The first-order chi connectivity index (χ1) is 19.5. The minimum absolute atomic E-state index is 0.0118. The van der Waals surface area contributed by atoms with E-state index >= 15 is 0 Å². The van der Waals surface area contributed by atoms with E-state index in [2.05, 4.69) is 25.9 Å². The summed E-state index contributed by atoms with van der Waals surface area (Å²) in [4.78, 5) is 57.9. The summed E-state index contributed by atoms with van der Waals surface area (Å²) in [5.74, 6) is -3.58. The van der Waals surface area contributed by atoms with Gasteiger partial charge < -0.3 is 42.0 Å². The fourth-order valence-electron chi connectivity index (χ4n) is 4.05. The van der Waals surface area contributed by atoms with Crippen LogP contribution < -0.4 is 21.7 Å². The maximum absolute atomic E-state index is 13.2. The number of carboxylic acids is 1. The maximum Gasteiger partial charge on any atom is 0.326 e. The van der Waals surface area contributed by atoms with Gasteiger partial charge >= 0.3 is 5.97 Å². The van der Waals surface area contributed by atoms with Gasteiger partial charge in [-0.25, -0.2) is 9.78 Å². The summed E-state index contributed by atoms with van der Waals surface area (Å²) in [6.45, 7) is 1.29. The van der Waals surface area contributed by atoms with E-state index in [-0.39, 0.29) is 25.0 Å². The Balaban J connectivity index is 1.71. The molecule has 1 aromatic heterocycles. The van der Waals surface area contributed by atoms with Crippen molar-refractivity contribution < 1.29 is 34.5 Å². The van der Waals surface area contributed by atoms with Crippen molar-refractivity contribution in [1.82, 2.24) is 25.9 Å². The zero-order chi connectivity index (χ0) is 29.9. The van der Waals surface area contributed by atoms with Gasteiger partial charge in [-0.1, -0.05) is 42.5 Å². The monoisotopic (exact) mass is 566 g/mol. The number of nitrogens with two attached hydrogens (primary N) is 1. The average molecular weight is 567 g/mol. The number of imidazole rings is 1. The highest BCUT2D eigenvalue weighted by molar-refractivity contribution is 5.94. The number of nitrogens with one attached hydrogen (secondary N) is 4. The van der Waals surface area contributed by atoms with Gasteiger partial charge in [0.2, 0.25) is 17.7 Å². The van der Waals surface area contributed by atoms with Crippen LogP contribution in [0.1, 0.15) is 23.7 Å². The van der Waals surface area contributed by atoms with E-state index in [1.54, 1.807) is 42.5 Å². The molecule has 41 heavy (non-hydrogen) atoms. The summed E-state index contributed by atoms with van der Waals surface area (Å²) in [7, 11) is 0. The highest BCUT2D eigenvalue weighted by Crippen LogP contribution is 2.11. The first-order valence-electron chi connectivity index (χ1n) is 12.9. The van der Waals surface area contributed by atoms with Crippen molar-refractivity contribution in [2.24, 2.45) is 5.73 Å². The van der Waals surface area contributed by atoms with Gasteiger partial charge in [0.1, 0.15) is 23.9 Å². The lowest BCUT2D eigenvalue weighted by Crippen LogP contribution is -2.60. The Bertz CT molecular complexity index is 1300. The van der Waals surface area contributed by atoms with Gasteiger partial charge in [-0.05, 0) is 36.6 Å². The number of carboxylic acid groups (broad SMARTS) is 1. The SMILES string of the molecule is CC(O)C(NC(=O)C(N)Cc1ccc(O)cc1)C(=O)NC(Cc1cnc[nH]1)C(=O)NC(Cc1ccccc1)C(=O)O. The third-order valence-corrected chi connectivity index (χ3v) is 6.30. The Morgan fingerprint density at radius 3 is 2.07 bits per heavy atom. The summed E-state index contributed by atoms with van der Waals surface area (Å²) in [6, 6.07) is 9.74. The molecule has 218 valence electrons. The predicted molar refractivity (Wildman–Crippen MR) is 147 cm³/mol. The lowest BCUT2D eigenvalue weighted by Gasteiger charge is -2.26. The number of aliphatic hydroxyl groups excluding tert-OH is 1. The standard InChI is InChI=1S/C28H34N6O7/c1-16(35)24(34-25(37)21(29)11-18-7-9-20(36)10-8-18)27(39)32-22(13-19-14-30-15-31-19)26(38)33-23(28(40)41)12-17-5-3-2-4-6-17/h2-10,14-16,21-24,35-36H,11-13,29H2,1H3,(H,30,31)(H,32,39)(H,33,38)(H,34,37)(H,40,41). The van der Waals surface area contributed by atoms with Crippen LogP contribution in [0.25, 0.3) is 0 Å². The Kier molecular flexibility index (Phi) is 11.0. The highest BCUT2D eigenvalue weighted by Gasteiger charge is 2.33. The maximum atomic E-state index is 13.2. The summed E-state index contributed by atoms with van der Waals surface area (Å²) in [5.41, 5.74) is 7.84. The number of aliphatic carboxylic acids is 1. The lowest BCUT2D eigenvalue weighted by atomic mass is 10.0. The summed E-state index contributed by atoms with van der Waals surface area (Å²) < 4.78 is 0. The molecule has 2 aromatic carbocycles. The Hall–Kier alpha value is -4.75. The molecular formula is C28H34N6O7. The van der Waals surface area contributed by atoms with Crippen LogP contribution in [0.4, 0.5) is 0 Å². The number of benzene rings is 2. The predicted octanol–water partition coefficient (Wildman–Crippen LogP) is -0.610. The molecule has 5 unspecified atom stereocenters. The number of aromatic amines is 1. The molecule has 1 heterocycles. The largest absolute Gasteiger partial charge is 0.508 e. The van der Waals surface area contributed by atoms with E-state index in [1.807, 2.05) is 0 Å². The van der Waals surface area contributed by atoms with Crippen LogP contribution >= 0.6 is 0 Å². The summed E-state index contributed by atoms with van der Waals surface area (Å²) in [5, 5.41) is 36.8. The molecule has 0 saturated heterocycles. The number of aromatic nitrogens is 2. The number of phenolic OH excluding ortho intramolecular Hbond substituents is 1. The third kappa shape index (κ3) is 9.44. The molecule has 13 heteroatoms. The zero-order valence-electron chi connectivity index (χ0n) is 22.4. The summed E-state index contributed by atoms with van der Waals surface area (Å²) in [6.07, 6.45) is 1.51. The van der Waals surface area contributed by atoms with Gasteiger partial charge in [0.15, 0.2) is 0 Å². The number of carbonyl (C=O) groups excluding carboxylic acids is 3. The average Bonchev–Trinajstić information content (AvgIpc) is 3.45. The van der Waals surface area contributed by atoms with E-state index in [0.717, 1.165) is 0 Å². The molecule has 0 spiro atoms. The van der Waals surface area contributed by atoms with Gasteiger partial charge in [0.25, 0.3) is 0 Å². The Morgan fingerprint density at radius 1 is 0.854 bits per heavy atom. The Labute approximate surface area is 236 Å². The van der Waals surface area contributed by atoms with Crippen LogP contribution in [0.2, 0.25) is 0 Å². The molecule has 3 rings (SSSR count). The van der Waals surface area contributed by atoms with Crippen LogP contribution in [0.5, 0.6) is 5.75 Å². The molecule has 0 aliphatic carbocycles. The van der Waals surface area contributed by atoms with Crippen LogP contribution in [0.3, 0.4) is 0 Å². The van der Waals surface area contributed by atoms with Crippen molar-refractivity contribution >= 4 is 23.7 Å². The fraction of sp³-hybridized carbons (Fsp3) is 0.321. The van der Waals surface area contributed by atoms with Gasteiger partial charge in [-0.2, -0.15) is 0 Å². The normalized spacial score (nSPS) is 14.6. The molecule has 3 amide bonds. The minimum Gasteiger partial charge on any atom is -0.508 e. The molecule has 0 saturated carbocycles. The molecule has 0 radical (unpaired) electrons. The Morgan fingerprint density at radius 2 is 1.49 bits per heavy atom. The molecule has 0 aliphatic rings. The second-order valence-corrected chi connectivity index (χ2v) is 9.64. The van der Waals surface area contributed by atoms with Crippen molar-refractivity contribution in [3.05, 3.63) is 83.9 Å². The number of rotatable bonds is 14. The van der Waals surface area contributed by atoms with Crippen LogP contribution in [-0.4, -0.2) is 79.2 Å². The van der Waals surface area contributed by atoms with Crippen molar-refractivity contribution in [2.45, 2.75) is 56.5 Å². The molecule has 0 bridgehead atoms. The second-order valence-electron chi connectivity index (χ2n) is 9.64. The smallest absolute Gasteiger partial charge is 0.326 e. The van der Waals surface area contributed by atoms with Gasteiger partial charge in [-0.3, -0.25) is 14.4 Å². The molecular weight excluding hydrogens is 532 g/mol. The number of hydrogen-bond donors (Lipinski definition) is 8. The summed E-state index contributed by atoms with van der Waals surface area (Å²) >= 11 is 0. The minimum atomic E-state index is -1.47. The van der Waals surface area contributed by atoms with Crippen molar-refractivity contribution in [1.29, 1.82) is 0 Å². The number of phenols is 1. The quantitative estimate of drug-likeness (QED) is 0.125. The number of aliphatic hydroxyl groups is 1. The second kappa shape index (κ2) is 14.6. The highest BCUT2D eigenvalue weighted by atomic mass is 16.4. The molecule has 0 aliphatic heterocycles. The molecule has 9 N–H and O–H groups in total. The van der Waals surface area contributed by atoms with E-state index in [0.29, 0.717) is 16.8 Å². The van der Waals surface area contributed by atoms with Crippen molar-refractivity contribution in [3.63, 3.8) is 0 Å². The number of hydrogen-bond acceptors (Lipinski definition) is 8. The van der Waals surface area contributed by atoms with E-state index in [1.165, 1.54) is 31.6 Å². The lowest BCUT2D eigenvalue weighted by molar-refractivity contribution is -0.142. The van der Waals surface area contributed by atoms with Crippen LogP contribution in [0.15, 0.2) is 67.1 Å².